The fourth-order valence-electron chi connectivity index (χ4n) is 6.33. The number of hydrogen-bond acceptors (Lipinski definition) is 5. The number of anilines is 1. The number of carbonyl (C=O) groups excluding carboxylic acids is 2. The molecule has 3 atom stereocenters. The van der Waals surface area contributed by atoms with Gasteiger partial charge in [0.2, 0.25) is 11.8 Å². The van der Waals surface area contributed by atoms with Crippen molar-refractivity contribution in [3.63, 3.8) is 0 Å². The topological polar surface area (TPSA) is 79.3 Å². The van der Waals surface area contributed by atoms with Crippen LogP contribution in [-0.2, 0) is 21.6 Å². The predicted molar refractivity (Wildman–Crippen MR) is 169 cm³/mol. The molecular formula is C35H41ClN2O5. The molecule has 1 unspecified atom stereocenters. The number of methoxy groups -OCH3 is 1. The van der Waals surface area contributed by atoms with Crippen molar-refractivity contribution in [3.8, 4) is 11.5 Å². The van der Waals surface area contributed by atoms with Gasteiger partial charge < -0.3 is 24.4 Å². The Morgan fingerprint density at radius 2 is 1.72 bits per heavy atom. The van der Waals surface area contributed by atoms with Gasteiger partial charge in [0.25, 0.3) is 0 Å². The number of aliphatic hydroxyl groups is 1. The van der Waals surface area contributed by atoms with Gasteiger partial charge in [-0.3, -0.25) is 9.59 Å². The number of rotatable bonds is 8. The summed E-state index contributed by atoms with van der Waals surface area (Å²) in [6, 6.07) is 18.8. The molecule has 0 bridgehead atoms. The number of amides is 2. The van der Waals surface area contributed by atoms with E-state index >= 15 is 0 Å². The van der Waals surface area contributed by atoms with E-state index in [9.17, 15) is 14.7 Å². The van der Waals surface area contributed by atoms with Gasteiger partial charge in [-0.1, -0.05) is 42.8 Å². The molecule has 1 saturated heterocycles. The molecule has 8 heteroatoms. The SMILES string of the molecule is CC[C@@H](C)Oc1cc2c(cc1OC)CC(=O)N(c1ccc(C(C)(O)C3CCN(C(C)=O)CC3)cc1)[C@H]2c1ccc(Cl)cc1. The van der Waals surface area contributed by atoms with Crippen molar-refractivity contribution < 1.29 is 24.2 Å². The van der Waals surface area contributed by atoms with E-state index in [0.29, 0.717) is 29.6 Å². The van der Waals surface area contributed by atoms with Crippen LogP contribution in [0, 0.1) is 5.92 Å². The van der Waals surface area contributed by atoms with Gasteiger partial charge in [0.05, 0.1) is 31.3 Å². The quantitative estimate of drug-likeness (QED) is 0.311. The molecule has 0 aliphatic carbocycles. The van der Waals surface area contributed by atoms with Crippen LogP contribution in [0.5, 0.6) is 11.5 Å². The second-order valence-electron chi connectivity index (χ2n) is 11.9. The molecule has 43 heavy (non-hydrogen) atoms. The third-order valence-corrected chi connectivity index (χ3v) is 9.39. The highest BCUT2D eigenvalue weighted by Crippen LogP contribution is 2.44. The number of carbonyl (C=O) groups is 2. The van der Waals surface area contributed by atoms with Crippen molar-refractivity contribution in [2.24, 2.45) is 5.92 Å². The molecule has 2 aliphatic heterocycles. The van der Waals surface area contributed by atoms with Crippen LogP contribution < -0.4 is 14.4 Å². The average molecular weight is 605 g/mol. The number of ether oxygens (including phenoxy) is 2. The van der Waals surface area contributed by atoms with Gasteiger partial charge in [0.1, 0.15) is 0 Å². The average Bonchev–Trinajstić information content (AvgIpc) is 3.00. The Balaban J connectivity index is 1.52. The van der Waals surface area contributed by atoms with E-state index in [0.717, 1.165) is 47.2 Å². The van der Waals surface area contributed by atoms with E-state index < -0.39 is 11.6 Å². The maximum atomic E-state index is 13.9. The molecule has 0 radical (unpaired) electrons. The molecule has 2 heterocycles. The van der Waals surface area contributed by atoms with Gasteiger partial charge in [-0.25, -0.2) is 0 Å². The summed E-state index contributed by atoms with van der Waals surface area (Å²) in [5, 5.41) is 12.2. The molecule has 0 spiro atoms. The summed E-state index contributed by atoms with van der Waals surface area (Å²) < 4.78 is 11.9. The van der Waals surface area contributed by atoms with Crippen molar-refractivity contribution in [1.82, 2.24) is 4.90 Å². The normalized spacial score (nSPS) is 19.4. The first-order valence-corrected chi connectivity index (χ1v) is 15.4. The number of benzene rings is 3. The van der Waals surface area contributed by atoms with Crippen LogP contribution in [0.3, 0.4) is 0 Å². The lowest BCUT2D eigenvalue weighted by molar-refractivity contribution is -0.132. The van der Waals surface area contributed by atoms with E-state index in [1.165, 1.54) is 0 Å². The minimum atomic E-state index is -1.06. The van der Waals surface area contributed by atoms with Crippen LogP contribution in [0.2, 0.25) is 5.02 Å². The van der Waals surface area contributed by atoms with Gasteiger partial charge in [0, 0.05) is 30.7 Å². The first-order valence-electron chi connectivity index (χ1n) is 15.1. The maximum absolute atomic E-state index is 13.9. The molecular weight excluding hydrogens is 564 g/mol. The van der Waals surface area contributed by atoms with Crippen molar-refractivity contribution in [2.75, 3.05) is 25.1 Å². The van der Waals surface area contributed by atoms with Crippen LogP contribution in [0.15, 0.2) is 60.7 Å². The fraction of sp³-hybridized carbons (Fsp3) is 0.429. The van der Waals surface area contributed by atoms with E-state index in [1.54, 1.807) is 14.0 Å². The monoisotopic (exact) mass is 604 g/mol. The second-order valence-corrected chi connectivity index (χ2v) is 12.3. The molecule has 1 fully saturated rings. The Hall–Kier alpha value is -3.55. The second kappa shape index (κ2) is 12.6. The molecule has 2 aliphatic rings. The Bertz CT molecular complexity index is 1460. The van der Waals surface area contributed by atoms with Gasteiger partial charge in [-0.15, -0.1) is 0 Å². The van der Waals surface area contributed by atoms with Gasteiger partial charge in [-0.05, 0) is 97.7 Å². The van der Waals surface area contributed by atoms with Crippen LogP contribution in [0.4, 0.5) is 5.69 Å². The molecule has 5 rings (SSSR count). The zero-order valence-corrected chi connectivity index (χ0v) is 26.4. The smallest absolute Gasteiger partial charge is 0.232 e. The van der Waals surface area contributed by atoms with Crippen LogP contribution in [-0.4, -0.2) is 48.1 Å². The van der Waals surface area contributed by atoms with Crippen LogP contribution in [0.25, 0.3) is 0 Å². The van der Waals surface area contributed by atoms with E-state index in [4.69, 9.17) is 21.1 Å². The summed E-state index contributed by atoms with van der Waals surface area (Å²) in [6.45, 7) is 8.82. The zero-order valence-electron chi connectivity index (χ0n) is 25.6. The van der Waals surface area contributed by atoms with Crippen LogP contribution >= 0.6 is 11.6 Å². The molecule has 0 aromatic heterocycles. The standard InChI is InChI=1S/C35H41ClN2O5/c1-6-22(2)43-32-21-30-25(19-31(32)42-5)20-33(40)38(34(30)24-7-11-28(36)12-8-24)29-13-9-26(10-14-29)35(4,41)27-15-17-37(18-16-27)23(3)39/h7-14,19,21-22,27,34,41H,6,15-18,20H2,1-5H3/t22-,34+,35?/m1/s1. The molecule has 228 valence electrons. The highest BCUT2D eigenvalue weighted by molar-refractivity contribution is 6.30. The Kier molecular flexibility index (Phi) is 9.04. The highest BCUT2D eigenvalue weighted by atomic mass is 35.5. The van der Waals surface area contributed by atoms with E-state index in [2.05, 4.69) is 6.92 Å². The summed E-state index contributed by atoms with van der Waals surface area (Å²) in [7, 11) is 1.61. The number of hydrogen-bond donors (Lipinski definition) is 1. The number of nitrogens with zero attached hydrogens (tertiary/aromatic N) is 2. The molecule has 0 saturated carbocycles. The van der Waals surface area contributed by atoms with Crippen molar-refractivity contribution in [2.45, 2.75) is 71.1 Å². The van der Waals surface area contributed by atoms with E-state index in [1.807, 2.05) is 84.3 Å². The summed E-state index contributed by atoms with van der Waals surface area (Å²) in [4.78, 5) is 29.3. The van der Waals surface area contributed by atoms with Gasteiger partial charge >= 0.3 is 0 Å². The first-order chi connectivity index (χ1) is 20.5. The minimum absolute atomic E-state index is 0.00251. The molecule has 7 nitrogen and oxygen atoms in total. The molecule has 3 aromatic carbocycles. The number of halogens is 1. The summed E-state index contributed by atoms with van der Waals surface area (Å²) in [6.07, 6.45) is 2.53. The summed E-state index contributed by atoms with van der Waals surface area (Å²) >= 11 is 6.26. The maximum Gasteiger partial charge on any atom is 0.232 e. The minimum Gasteiger partial charge on any atom is -0.493 e. The third-order valence-electron chi connectivity index (χ3n) is 9.14. The number of likely N-dealkylation sites (tertiary alicyclic amines) is 1. The molecule has 1 N–H and O–H groups in total. The predicted octanol–water partition coefficient (Wildman–Crippen LogP) is 6.67. The van der Waals surface area contributed by atoms with Crippen molar-refractivity contribution in [3.05, 3.63) is 87.9 Å². The molecule has 3 aromatic rings. The Morgan fingerprint density at radius 3 is 2.30 bits per heavy atom. The van der Waals surface area contributed by atoms with Crippen molar-refractivity contribution >= 4 is 29.1 Å². The summed E-state index contributed by atoms with van der Waals surface area (Å²) in [5.41, 5.74) is 3.25. The number of fused-ring (bicyclic) bond motifs is 1. The zero-order chi connectivity index (χ0) is 30.9. The fourth-order valence-corrected chi connectivity index (χ4v) is 6.45. The van der Waals surface area contributed by atoms with Crippen LogP contribution in [0.1, 0.15) is 75.3 Å². The number of piperidine rings is 1. The lowest BCUT2D eigenvalue weighted by atomic mass is 9.77. The lowest BCUT2D eigenvalue weighted by Crippen LogP contribution is -2.43. The Morgan fingerprint density at radius 1 is 1.07 bits per heavy atom. The first kappa shape index (κ1) is 30.9. The third kappa shape index (κ3) is 6.24. The molecule has 2 amide bonds. The van der Waals surface area contributed by atoms with Crippen molar-refractivity contribution in [1.29, 1.82) is 0 Å². The largest absolute Gasteiger partial charge is 0.493 e. The highest BCUT2D eigenvalue weighted by Gasteiger charge is 2.38. The van der Waals surface area contributed by atoms with Gasteiger partial charge in [-0.2, -0.15) is 0 Å². The lowest BCUT2D eigenvalue weighted by Gasteiger charge is -2.40. The summed E-state index contributed by atoms with van der Waals surface area (Å²) in [5.74, 6) is 1.31. The Labute approximate surface area is 259 Å². The van der Waals surface area contributed by atoms with Gasteiger partial charge in [0.15, 0.2) is 11.5 Å². The van der Waals surface area contributed by atoms with E-state index in [-0.39, 0.29) is 30.3 Å².